The number of hydrogen-bond acceptors (Lipinski definition) is 5. The molecule has 313 valence electrons. The zero-order valence-corrected chi connectivity index (χ0v) is 36.6. The van der Waals surface area contributed by atoms with E-state index in [-0.39, 0.29) is 58.7 Å². The molecule has 1 unspecified atom stereocenters. The summed E-state index contributed by atoms with van der Waals surface area (Å²) in [6.45, 7) is 20.8. The summed E-state index contributed by atoms with van der Waals surface area (Å²) in [4.78, 5) is 33.0. The second kappa shape index (κ2) is 18.0. The Morgan fingerprint density at radius 3 is 1.53 bits per heavy atom. The van der Waals surface area contributed by atoms with Crippen molar-refractivity contribution in [2.24, 2.45) is 0 Å². The van der Waals surface area contributed by atoms with E-state index in [2.05, 4.69) is 106 Å². The van der Waals surface area contributed by atoms with Crippen molar-refractivity contribution in [1.29, 1.82) is 0 Å². The fourth-order valence-electron chi connectivity index (χ4n) is 7.71. The number of imide groups is 1. The van der Waals surface area contributed by atoms with Crippen LogP contribution >= 0.6 is 12.4 Å². The normalized spacial score (nSPS) is 16.1. The summed E-state index contributed by atoms with van der Waals surface area (Å²) in [6.07, 6.45) is -1.19. The van der Waals surface area contributed by atoms with E-state index in [1.165, 1.54) is 39.7 Å². The Hall–Kier alpha value is -4.15. The number of rotatable bonds is 10. The first-order chi connectivity index (χ1) is 27.0. The molecule has 2 heterocycles. The Labute approximate surface area is 351 Å². The third-order valence-electron chi connectivity index (χ3n) is 10.6. The molecule has 1 saturated heterocycles. The minimum atomic E-state index is -2.40. The molecule has 1 atom stereocenters. The minimum Gasteiger partial charge on any atom is -0.147 e. The molecule has 13 heteroatoms. The predicted molar refractivity (Wildman–Crippen MR) is 219 cm³/mol. The van der Waals surface area contributed by atoms with Gasteiger partial charge in [0, 0.05) is 0 Å². The van der Waals surface area contributed by atoms with Crippen LogP contribution in [-0.2, 0) is 21.5 Å². The first-order valence-electron chi connectivity index (χ1n) is 19.4. The summed E-state index contributed by atoms with van der Waals surface area (Å²) < 4.78 is 80.8. The fourth-order valence-corrected chi connectivity index (χ4v) is 10.2. The Balaban J connectivity index is 0.00000641. The molecular weight excluding hydrogens is 862 g/mol. The SMILES string of the molecule is CCC1Oc2c([CH]=[Ru][CH]3N(c4c(C(C)C)cccc4C(C)C)CCN3c3c(C(C)C)cccc3C(C)C)cccc2N(C(=O)c2c(F)c(F)c(F)c(F)c2F)C1=O.Cl. The second-order valence-corrected chi connectivity index (χ2v) is 17.7. The molecule has 0 saturated carbocycles. The molecule has 2 aliphatic rings. The Morgan fingerprint density at radius 1 is 0.707 bits per heavy atom. The fraction of sp³-hybridized carbons (Fsp3) is 0.400. The van der Waals surface area contributed by atoms with Crippen molar-refractivity contribution in [3.05, 3.63) is 117 Å². The van der Waals surface area contributed by atoms with Gasteiger partial charge in [-0.3, -0.25) is 0 Å². The van der Waals surface area contributed by atoms with E-state index in [1.54, 1.807) is 19.1 Å². The molecule has 6 rings (SSSR count). The van der Waals surface area contributed by atoms with Crippen LogP contribution in [0.25, 0.3) is 0 Å². The van der Waals surface area contributed by atoms with Crippen LogP contribution in [0.2, 0.25) is 0 Å². The Morgan fingerprint density at radius 2 is 1.12 bits per heavy atom. The quantitative estimate of drug-likeness (QED) is 0.0522. The maximum absolute atomic E-state index is 15.0. The number of benzene rings is 4. The van der Waals surface area contributed by atoms with Crippen LogP contribution in [-0.4, -0.2) is 40.4 Å². The van der Waals surface area contributed by atoms with Crippen molar-refractivity contribution >= 4 is 45.9 Å². The van der Waals surface area contributed by atoms with Gasteiger partial charge in [-0.05, 0) is 0 Å². The van der Waals surface area contributed by atoms with Gasteiger partial charge in [0.1, 0.15) is 0 Å². The summed E-state index contributed by atoms with van der Waals surface area (Å²) in [5.41, 5.74) is 6.12. The summed E-state index contributed by atoms with van der Waals surface area (Å²) in [6, 6.07) is 17.8. The Kier molecular flexibility index (Phi) is 13.9. The third kappa shape index (κ3) is 7.95. The Bertz CT molecular complexity index is 2090. The average molecular weight is 912 g/mol. The number of carbonyl (C=O) groups is 2. The van der Waals surface area contributed by atoms with E-state index in [0.29, 0.717) is 10.5 Å². The number of fused-ring (bicyclic) bond motifs is 1. The van der Waals surface area contributed by atoms with Gasteiger partial charge >= 0.3 is 340 Å². The number of halogens is 6. The third-order valence-corrected chi connectivity index (χ3v) is 13.1. The van der Waals surface area contributed by atoms with E-state index in [0.717, 1.165) is 13.1 Å². The van der Waals surface area contributed by atoms with Gasteiger partial charge in [0.2, 0.25) is 0 Å². The monoisotopic (exact) mass is 912 g/mol. The molecule has 2 aliphatic heterocycles. The topological polar surface area (TPSA) is 53.1 Å². The number of nitrogens with zero attached hydrogens (tertiary/aromatic N) is 3. The van der Waals surface area contributed by atoms with Gasteiger partial charge in [-0.1, -0.05) is 0 Å². The van der Waals surface area contributed by atoms with Crippen LogP contribution in [0.3, 0.4) is 0 Å². The summed E-state index contributed by atoms with van der Waals surface area (Å²) >= 11 is -0.710. The van der Waals surface area contributed by atoms with Gasteiger partial charge in [-0.25, -0.2) is 0 Å². The molecule has 58 heavy (non-hydrogen) atoms. The van der Waals surface area contributed by atoms with Crippen molar-refractivity contribution in [3.63, 3.8) is 0 Å². The number of hydrogen-bond donors (Lipinski definition) is 0. The van der Waals surface area contributed by atoms with Crippen molar-refractivity contribution in [2.45, 2.75) is 103 Å². The van der Waals surface area contributed by atoms with Gasteiger partial charge in [0.25, 0.3) is 0 Å². The summed E-state index contributed by atoms with van der Waals surface area (Å²) in [5, 5.41) is 0. The zero-order valence-electron chi connectivity index (χ0n) is 34.1. The summed E-state index contributed by atoms with van der Waals surface area (Å²) in [7, 11) is 0. The van der Waals surface area contributed by atoms with Crippen molar-refractivity contribution in [1.82, 2.24) is 0 Å². The van der Waals surface area contributed by atoms with Crippen LogP contribution in [0.4, 0.5) is 39.0 Å². The number of para-hydroxylation sites is 3. The second-order valence-electron chi connectivity index (χ2n) is 15.7. The molecule has 0 N–H and O–H groups in total. The van der Waals surface area contributed by atoms with Gasteiger partial charge in [0.05, 0.1) is 0 Å². The molecule has 4 aromatic carbocycles. The van der Waals surface area contributed by atoms with Crippen LogP contribution in [0, 0.1) is 29.1 Å². The minimum absolute atomic E-state index is 0. The van der Waals surface area contributed by atoms with Crippen molar-refractivity contribution < 1.29 is 53.0 Å². The standard InChI is InChI=1S/C27H39N2.C18H10F5NO3.ClH.Ru/c1-18(2)22-11-9-12-23(19(3)4)26(22)28-15-16-29(17-28)27-24(20(5)6)13-10-14-25(27)21(7)8;1-3-9-17(25)24(8-6-4-5-7(2)16(8)27-9)18(26)10-11(19)13(21)15(23)14(22)12(10)20;;/h9-14,17-21H,15-16H2,1-8H3;2,4-6,9H,3H2,1H3;1H;. The van der Waals surface area contributed by atoms with E-state index >= 15 is 8.78 Å². The van der Waals surface area contributed by atoms with Gasteiger partial charge in [-0.2, -0.15) is 0 Å². The molecule has 0 spiro atoms. The molecule has 6 nitrogen and oxygen atoms in total. The predicted octanol–water partition coefficient (Wildman–Crippen LogP) is 11.2. The average Bonchev–Trinajstić information content (AvgIpc) is 3.60. The first kappa shape index (κ1) is 44.9. The van der Waals surface area contributed by atoms with E-state index in [1.807, 2.05) is 0 Å². The van der Waals surface area contributed by atoms with Crippen LogP contribution in [0.15, 0.2) is 54.6 Å². The smallest absolute Gasteiger partial charge is 0.147 e. The van der Waals surface area contributed by atoms with Crippen LogP contribution in [0.5, 0.6) is 5.75 Å². The molecule has 0 aliphatic carbocycles. The zero-order chi connectivity index (χ0) is 41.6. The van der Waals surface area contributed by atoms with E-state index < -0.39 is 69.2 Å². The van der Waals surface area contributed by atoms with Gasteiger partial charge < -0.3 is 0 Å². The van der Waals surface area contributed by atoms with Crippen LogP contribution in [0.1, 0.15) is 131 Å². The van der Waals surface area contributed by atoms with E-state index in [9.17, 15) is 22.8 Å². The maximum atomic E-state index is 15.0. The van der Waals surface area contributed by atoms with E-state index in [4.69, 9.17) is 4.74 Å². The molecule has 4 aromatic rings. The van der Waals surface area contributed by atoms with Crippen LogP contribution < -0.4 is 19.4 Å². The largest absolute Gasteiger partial charge is 0.147 e. The number of amides is 2. The van der Waals surface area contributed by atoms with Gasteiger partial charge in [-0.15, -0.1) is 12.4 Å². The van der Waals surface area contributed by atoms with Gasteiger partial charge in [0.15, 0.2) is 0 Å². The maximum Gasteiger partial charge on any atom is -0.147 e. The molecular formula is C45H50ClF5N3O3Ru. The molecule has 0 aromatic heterocycles. The number of ether oxygens (including phenoxy) is 1. The molecule has 1 fully saturated rings. The molecule has 0 radical (unpaired) electrons. The van der Waals surface area contributed by atoms with Crippen molar-refractivity contribution in [3.8, 4) is 5.75 Å². The number of anilines is 3. The molecule has 0 bridgehead atoms. The molecule has 2 amide bonds. The first-order valence-corrected chi connectivity index (χ1v) is 21.4. The van der Waals surface area contributed by atoms with Crippen molar-refractivity contribution in [2.75, 3.05) is 27.8 Å². The summed E-state index contributed by atoms with van der Waals surface area (Å²) in [5.74, 6) is -13.1. The number of carbonyl (C=O) groups excluding carboxylic acids is 2.